The predicted molar refractivity (Wildman–Crippen MR) is 124 cm³/mol. The fourth-order valence-corrected chi connectivity index (χ4v) is 5.92. The molecule has 1 aromatic carbocycles. The number of nitrogens with one attached hydrogen (secondary N) is 2. The van der Waals surface area contributed by atoms with Gasteiger partial charge in [-0.2, -0.15) is 5.26 Å². The van der Waals surface area contributed by atoms with Gasteiger partial charge in [0.25, 0.3) is 5.91 Å². The van der Waals surface area contributed by atoms with Crippen molar-refractivity contribution >= 4 is 11.8 Å². The van der Waals surface area contributed by atoms with E-state index in [1.54, 1.807) is 0 Å². The fraction of sp³-hybridized carbons (Fsp3) is 0.654. The van der Waals surface area contributed by atoms with Gasteiger partial charge in [0.05, 0.1) is 6.07 Å². The molecule has 2 saturated carbocycles. The van der Waals surface area contributed by atoms with E-state index in [4.69, 9.17) is 5.26 Å². The average molecular weight is 437 g/mol. The van der Waals surface area contributed by atoms with E-state index in [0.717, 1.165) is 25.3 Å². The molecule has 172 valence electrons. The molecule has 2 N–H and O–H groups in total. The van der Waals surface area contributed by atoms with Gasteiger partial charge in [-0.1, -0.05) is 44.2 Å². The highest BCUT2D eigenvalue weighted by molar-refractivity contribution is 5.99. The van der Waals surface area contributed by atoms with Gasteiger partial charge in [-0.25, -0.2) is 0 Å². The first-order chi connectivity index (χ1) is 15.6. The minimum atomic E-state index is -0.905. The second-order valence-electron chi connectivity index (χ2n) is 9.81. The lowest BCUT2D eigenvalue weighted by atomic mass is 9.80. The van der Waals surface area contributed by atoms with Crippen LogP contribution in [0.15, 0.2) is 24.3 Å². The van der Waals surface area contributed by atoms with E-state index in [9.17, 15) is 9.59 Å². The maximum atomic E-state index is 13.0. The summed E-state index contributed by atoms with van der Waals surface area (Å²) in [5, 5.41) is 14.5. The van der Waals surface area contributed by atoms with Crippen LogP contribution >= 0.6 is 0 Å². The zero-order chi connectivity index (χ0) is 22.4. The number of benzene rings is 1. The molecular weight excluding hydrogens is 400 g/mol. The Morgan fingerprint density at radius 3 is 2.25 bits per heavy atom. The molecule has 4 rings (SSSR count). The number of hydrogen-bond donors (Lipinski definition) is 2. The Kier molecular flexibility index (Phi) is 7.47. The molecule has 32 heavy (non-hydrogen) atoms. The third-order valence-electron chi connectivity index (χ3n) is 7.84. The Morgan fingerprint density at radius 1 is 0.969 bits per heavy atom. The van der Waals surface area contributed by atoms with Crippen molar-refractivity contribution in [3.63, 3.8) is 0 Å². The topological polar surface area (TPSA) is 85.2 Å². The zero-order valence-electron chi connectivity index (χ0n) is 19.1. The van der Waals surface area contributed by atoms with Crippen LogP contribution in [0.25, 0.3) is 0 Å². The van der Waals surface area contributed by atoms with Gasteiger partial charge in [0.15, 0.2) is 0 Å². The lowest BCUT2D eigenvalue weighted by Crippen LogP contribution is -2.59. The molecule has 0 unspecified atom stereocenters. The average Bonchev–Trinajstić information content (AvgIpc) is 3.38. The highest BCUT2D eigenvalue weighted by atomic mass is 16.2. The van der Waals surface area contributed by atoms with Gasteiger partial charge in [0.1, 0.15) is 12.1 Å². The molecule has 6 heteroatoms. The van der Waals surface area contributed by atoms with E-state index in [1.807, 2.05) is 18.2 Å². The standard InChI is InChI=1S/C26H36N4O2/c27-16-17-28-25(32)26(14-4-1-5-15-26)29-24(31)22-10-8-20(9-11-22)21-12-18-30(19-13-21)23-6-2-3-7-23/h8-11,21,23H,1-7,12-15,17-19H2,(H,28,32)(H,29,31). The number of piperidine rings is 1. The highest BCUT2D eigenvalue weighted by Crippen LogP contribution is 2.33. The van der Waals surface area contributed by atoms with E-state index in [0.29, 0.717) is 24.3 Å². The first kappa shape index (κ1) is 22.8. The molecule has 2 aliphatic carbocycles. The number of nitrogens with zero attached hydrogens (tertiary/aromatic N) is 2. The molecule has 6 nitrogen and oxygen atoms in total. The van der Waals surface area contributed by atoms with Crippen LogP contribution in [0.5, 0.6) is 0 Å². The number of carbonyl (C=O) groups excluding carboxylic acids is 2. The molecule has 0 radical (unpaired) electrons. The summed E-state index contributed by atoms with van der Waals surface area (Å²) in [5.74, 6) is 0.116. The van der Waals surface area contributed by atoms with E-state index in [1.165, 1.54) is 57.2 Å². The number of hydrogen-bond acceptors (Lipinski definition) is 4. The Labute approximate surface area is 191 Å². The minimum absolute atomic E-state index is 0.0370. The third kappa shape index (κ3) is 5.15. The quantitative estimate of drug-likeness (QED) is 0.663. The van der Waals surface area contributed by atoms with Crippen LogP contribution in [0, 0.1) is 11.3 Å². The summed E-state index contributed by atoms with van der Waals surface area (Å²) in [4.78, 5) is 28.4. The largest absolute Gasteiger partial charge is 0.341 e. The molecule has 1 aliphatic heterocycles. The lowest BCUT2D eigenvalue weighted by Gasteiger charge is -2.36. The van der Waals surface area contributed by atoms with Crippen LogP contribution in [0.2, 0.25) is 0 Å². The van der Waals surface area contributed by atoms with Gasteiger partial charge in [-0.05, 0) is 75.2 Å². The van der Waals surface area contributed by atoms with Crippen molar-refractivity contribution in [1.29, 1.82) is 5.26 Å². The third-order valence-corrected chi connectivity index (χ3v) is 7.84. The summed E-state index contributed by atoms with van der Waals surface area (Å²) in [6.07, 6.45) is 12.0. The minimum Gasteiger partial charge on any atom is -0.341 e. The second kappa shape index (κ2) is 10.5. The Hall–Kier alpha value is -2.39. The Morgan fingerprint density at radius 2 is 1.62 bits per heavy atom. The summed E-state index contributed by atoms with van der Waals surface area (Å²) in [6.45, 7) is 2.32. The van der Waals surface area contributed by atoms with Crippen LogP contribution in [-0.4, -0.2) is 47.9 Å². The van der Waals surface area contributed by atoms with Gasteiger partial charge in [0.2, 0.25) is 5.91 Å². The number of rotatable bonds is 6. The van der Waals surface area contributed by atoms with Crippen molar-refractivity contribution in [3.8, 4) is 6.07 Å². The molecule has 1 heterocycles. The number of likely N-dealkylation sites (tertiary alicyclic amines) is 1. The van der Waals surface area contributed by atoms with Gasteiger partial charge in [0, 0.05) is 11.6 Å². The van der Waals surface area contributed by atoms with Crippen LogP contribution in [0.1, 0.15) is 92.5 Å². The number of nitriles is 1. The first-order valence-electron chi connectivity index (χ1n) is 12.4. The highest BCUT2D eigenvalue weighted by Gasteiger charge is 2.40. The van der Waals surface area contributed by atoms with Crippen LogP contribution < -0.4 is 10.6 Å². The van der Waals surface area contributed by atoms with Gasteiger partial charge in [-0.15, -0.1) is 0 Å². The molecule has 2 amide bonds. The number of carbonyl (C=O) groups is 2. The SMILES string of the molecule is N#CCNC(=O)C1(NC(=O)c2ccc(C3CCN(C4CCCC4)CC3)cc2)CCCCC1. The van der Waals surface area contributed by atoms with Crippen LogP contribution in [-0.2, 0) is 4.79 Å². The molecular formula is C26H36N4O2. The predicted octanol–water partition coefficient (Wildman–Crippen LogP) is 3.88. The first-order valence-corrected chi connectivity index (χ1v) is 12.4. The Balaban J connectivity index is 1.36. The van der Waals surface area contributed by atoms with E-state index >= 15 is 0 Å². The molecule has 0 atom stereocenters. The van der Waals surface area contributed by atoms with Crippen molar-refractivity contribution in [2.24, 2.45) is 0 Å². The molecule has 0 bridgehead atoms. The molecule has 3 aliphatic rings. The van der Waals surface area contributed by atoms with Crippen molar-refractivity contribution in [1.82, 2.24) is 15.5 Å². The summed E-state index contributed by atoms with van der Waals surface area (Å²) < 4.78 is 0. The van der Waals surface area contributed by atoms with Gasteiger partial charge in [-0.3, -0.25) is 9.59 Å². The summed E-state index contributed by atoms with van der Waals surface area (Å²) in [7, 11) is 0. The van der Waals surface area contributed by atoms with Crippen molar-refractivity contribution in [2.75, 3.05) is 19.6 Å². The maximum absolute atomic E-state index is 13.0. The van der Waals surface area contributed by atoms with Gasteiger partial charge >= 0.3 is 0 Å². The molecule has 0 spiro atoms. The van der Waals surface area contributed by atoms with E-state index in [2.05, 4.69) is 27.7 Å². The van der Waals surface area contributed by atoms with Crippen molar-refractivity contribution < 1.29 is 9.59 Å². The normalized spacial score (nSPS) is 22.2. The van der Waals surface area contributed by atoms with Crippen molar-refractivity contribution in [3.05, 3.63) is 35.4 Å². The summed E-state index contributed by atoms with van der Waals surface area (Å²) in [6, 6.07) is 10.7. The molecule has 1 saturated heterocycles. The second-order valence-corrected chi connectivity index (χ2v) is 9.81. The maximum Gasteiger partial charge on any atom is 0.252 e. The van der Waals surface area contributed by atoms with Gasteiger partial charge < -0.3 is 15.5 Å². The Bertz CT molecular complexity index is 824. The summed E-state index contributed by atoms with van der Waals surface area (Å²) in [5.41, 5.74) is 1.000. The monoisotopic (exact) mass is 436 g/mol. The molecule has 3 fully saturated rings. The van der Waals surface area contributed by atoms with Crippen LogP contribution in [0.3, 0.4) is 0 Å². The fourth-order valence-electron chi connectivity index (χ4n) is 5.92. The summed E-state index contributed by atoms with van der Waals surface area (Å²) >= 11 is 0. The van der Waals surface area contributed by atoms with E-state index in [-0.39, 0.29) is 18.4 Å². The lowest BCUT2D eigenvalue weighted by molar-refractivity contribution is -0.128. The van der Waals surface area contributed by atoms with Crippen molar-refractivity contribution in [2.45, 2.75) is 88.1 Å². The smallest absolute Gasteiger partial charge is 0.252 e. The molecule has 0 aromatic heterocycles. The molecule has 1 aromatic rings. The zero-order valence-corrected chi connectivity index (χ0v) is 19.1. The van der Waals surface area contributed by atoms with Crippen LogP contribution in [0.4, 0.5) is 0 Å². The number of amides is 2. The van der Waals surface area contributed by atoms with E-state index < -0.39 is 5.54 Å².